The highest BCUT2D eigenvalue weighted by Gasteiger charge is 2.09. The maximum atomic E-state index is 11.9. The van der Waals surface area contributed by atoms with Gasteiger partial charge >= 0.3 is 0 Å². The first kappa shape index (κ1) is 21.5. The van der Waals surface area contributed by atoms with E-state index in [0.29, 0.717) is 28.7 Å². The molecule has 0 saturated carbocycles. The summed E-state index contributed by atoms with van der Waals surface area (Å²) in [6.07, 6.45) is 0.0778. The van der Waals surface area contributed by atoms with Crippen LogP contribution in [0.3, 0.4) is 0 Å². The molecule has 0 aliphatic rings. The van der Waals surface area contributed by atoms with Gasteiger partial charge in [-0.15, -0.1) is 0 Å². The topological polar surface area (TPSA) is 62.8 Å². The Morgan fingerprint density at radius 1 is 1.11 bits per heavy atom. The van der Waals surface area contributed by atoms with E-state index >= 15 is 0 Å². The van der Waals surface area contributed by atoms with Crippen LogP contribution in [0.4, 0.5) is 5.69 Å². The lowest BCUT2D eigenvalue weighted by atomic mass is 10.2. The number of carbonyl (C=O) groups is 1. The molecule has 0 spiro atoms. The van der Waals surface area contributed by atoms with Gasteiger partial charge in [-0.2, -0.15) is 0 Å². The zero-order valence-electron chi connectivity index (χ0n) is 16.9. The Balaban J connectivity index is 1.92. The fourth-order valence-corrected chi connectivity index (χ4v) is 2.68. The first-order chi connectivity index (χ1) is 13.3. The van der Waals surface area contributed by atoms with Gasteiger partial charge in [0.15, 0.2) is 16.6 Å². The number of amides is 1. The molecule has 2 aromatic carbocycles. The molecule has 2 rings (SSSR count). The molecule has 2 aromatic rings. The van der Waals surface area contributed by atoms with E-state index in [1.54, 1.807) is 38.2 Å². The van der Waals surface area contributed by atoms with Gasteiger partial charge in [-0.1, -0.05) is 6.07 Å². The van der Waals surface area contributed by atoms with Crippen LogP contribution < -0.4 is 20.1 Å². The van der Waals surface area contributed by atoms with Gasteiger partial charge in [0, 0.05) is 31.9 Å². The summed E-state index contributed by atoms with van der Waals surface area (Å²) in [5.74, 6) is 1.37. The summed E-state index contributed by atoms with van der Waals surface area (Å²) in [6.45, 7) is 4.49. The van der Waals surface area contributed by atoms with Gasteiger partial charge in [-0.3, -0.25) is 4.79 Å². The van der Waals surface area contributed by atoms with Gasteiger partial charge in [0.25, 0.3) is 5.91 Å². The summed E-state index contributed by atoms with van der Waals surface area (Å²) in [7, 11) is 5.07. The first-order valence-corrected chi connectivity index (χ1v) is 9.41. The fourth-order valence-electron chi connectivity index (χ4n) is 2.49. The largest absolute Gasteiger partial charge is 0.493 e. The average molecular weight is 402 g/mol. The van der Waals surface area contributed by atoms with Crippen molar-refractivity contribution in [2.24, 2.45) is 0 Å². The minimum Gasteiger partial charge on any atom is -0.493 e. The van der Waals surface area contributed by atoms with Gasteiger partial charge in [0.05, 0.1) is 13.2 Å². The molecular weight excluding hydrogens is 374 g/mol. The monoisotopic (exact) mass is 401 g/mol. The summed E-state index contributed by atoms with van der Waals surface area (Å²) in [5, 5.41) is 6.77. The quantitative estimate of drug-likeness (QED) is 0.691. The third kappa shape index (κ3) is 6.13. The third-order valence-corrected chi connectivity index (χ3v) is 4.09. The Labute approximate surface area is 171 Å². The van der Waals surface area contributed by atoms with Crippen LogP contribution in [0.5, 0.6) is 11.5 Å². The molecule has 1 amide bonds. The fraction of sp³-hybridized carbons (Fsp3) is 0.333. The molecular formula is C21H27N3O3S. The van der Waals surface area contributed by atoms with Crippen molar-refractivity contribution >= 4 is 28.9 Å². The number of anilines is 1. The number of carbonyl (C=O) groups excluding carboxylic acids is 1. The van der Waals surface area contributed by atoms with Gasteiger partial charge in [0.1, 0.15) is 0 Å². The predicted octanol–water partition coefficient (Wildman–Crippen LogP) is 3.67. The number of nitrogens with one attached hydrogen (secondary N) is 2. The van der Waals surface area contributed by atoms with Crippen LogP contribution in [0.2, 0.25) is 0 Å². The second-order valence-electron chi connectivity index (χ2n) is 6.74. The lowest BCUT2D eigenvalue weighted by Crippen LogP contribution is -2.28. The van der Waals surface area contributed by atoms with Crippen molar-refractivity contribution in [1.29, 1.82) is 0 Å². The SMILES string of the molecule is COc1cc(CNC(=S)Nc2ccc(C(=O)N(C)C)cc2)ccc1OC(C)C. The third-order valence-electron chi connectivity index (χ3n) is 3.84. The van der Waals surface area contributed by atoms with E-state index in [2.05, 4.69) is 10.6 Å². The van der Waals surface area contributed by atoms with Gasteiger partial charge in [-0.25, -0.2) is 0 Å². The van der Waals surface area contributed by atoms with E-state index in [4.69, 9.17) is 21.7 Å². The van der Waals surface area contributed by atoms with Crippen molar-refractivity contribution in [3.05, 3.63) is 53.6 Å². The smallest absolute Gasteiger partial charge is 0.253 e. The maximum Gasteiger partial charge on any atom is 0.253 e. The Kier molecular flexibility index (Phi) is 7.63. The number of hydrogen-bond donors (Lipinski definition) is 2. The summed E-state index contributed by atoms with van der Waals surface area (Å²) in [4.78, 5) is 13.5. The highest BCUT2D eigenvalue weighted by atomic mass is 32.1. The molecule has 0 atom stereocenters. The highest BCUT2D eigenvalue weighted by Crippen LogP contribution is 2.28. The van der Waals surface area contributed by atoms with Crippen molar-refractivity contribution in [2.75, 3.05) is 26.5 Å². The molecule has 0 saturated heterocycles. The highest BCUT2D eigenvalue weighted by molar-refractivity contribution is 7.80. The number of rotatable bonds is 7. The lowest BCUT2D eigenvalue weighted by Gasteiger charge is -2.15. The zero-order valence-corrected chi connectivity index (χ0v) is 17.7. The van der Waals surface area contributed by atoms with Crippen molar-refractivity contribution in [3.8, 4) is 11.5 Å². The molecule has 150 valence electrons. The van der Waals surface area contributed by atoms with Gasteiger partial charge in [0.2, 0.25) is 0 Å². The second-order valence-corrected chi connectivity index (χ2v) is 7.14. The van der Waals surface area contributed by atoms with Gasteiger partial charge < -0.3 is 25.0 Å². The predicted molar refractivity (Wildman–Crippen MR) is 116 cm³/mol. The number of thiocarbonyl (C=S) groups is 1. The summed E-state index contributed by atoms with van der Waals surface area (Å²) >= 11 is 5.35. The van der Waals surface area contributed by atoms with Crippen LogP contribution >= 0.6 is 12.2 Å². The van der Waals surface area contributed by atoms with Crippen LogP contribution in [0.1, 0.15) is 29.8 Å². The molecule has 0 unspecified atom stereocenters. The molecule has 28 heavy (non-hydrogen) atoms. The lowest BCUT2D eigenvalue weighted by molar-refractivity contribution is 0.0827. The molecule has 0 bridgehead atoms. The summed E-state index contributed by atoms with van der Waals surface area (Å²) in [5.41, 5.74) is 2.46. The van der Waals surface area contributed by atoms with E-state index in [1.165, 1.54) is 0 Å². The summed E-state index contributed by atoms with van der Waals surface area (Å²) < 4.78 is 11.1. The minimum atomic E-state index is -0.0360. The molecule has 7 heteroatoms. The van der Waals surface area contributed by atoms with Crippen LogP contribution in [-0.4, -0.2) is 43.2 Å². The number of hydrogen-bond acceptors (Lipinski definition) is 4. The second kappa shape index (κ2) is 9.94. The molecule has 0 heterocycles. The van der Waals surface area contributed by atoms with Crippen LogP contribution in [0, 0.1) is 0 Å². The minimum absolute atomic E-state index is 0.0360. The molecule has 0 fully saturated rings. The summed E-state index contributed by atoms with van der Waals surface area (Å²) in [6, 6.07) is 13.0. The molecule has 0 aliphatic heterocycles. The van der Waals surface area contributed by atoms with E-state index in [1.807, 2.05) is 44.2 Å². The standard InChI is InChI=1S/C21H27N3O3S/c1-14(2)27-18-11-6-15(12-19(18)26-5)13-22-21(28)23-17-9-7-16(8-10-17)20(25)24(3)4/h6-12,14H,13H2,1-5H3,(H2,22,23,28). The van der Waals surface area contributed by atoms with Crippen molar-refractivity contribution < 1.29 is 14.3 Å². The molecule has 6 nitrogen and oxygen atoms in total. The van der Waals surface area contributed by atoms with Crippen molar-refractivity contribution in [1.82, 2.24) is 10.2 Å². The van der Waals surface area contributed by atoms with Crippen LogP contribution in [-0.2, 0) is 6.54 Å². The number of ether oxygens (including phenoxy) is 2. The number of nitrogens with zero attached hydrogens (tertiary/aromatic N) is 1. The Morgan fingerprint density at radius 3 is 2.36 bits per heavy atom. The van der Waals surface area contributed by atoms with E-state index in [-0.39, 0.29) is 12.0 Å². The van der Waals surface area contributed by atoms with E-state index in [9.17, 15) is 4.79 Å². The zero-order chi connectivity index (χ0) is 20.7. The maximum absolute atomic E-state index is 11.9. The van der Waals surface area contributed by atoms with Gasteiger partial charge in [-0.05, 0) is 68.0 Å². The number of benzene rings is 2. The van der Waals surface area contributed by atoms with Crippen molar-refractivity contribution in [3.63, 3.8) is 0 Å². The van der Waals surface area contributed by atoms with Crippen molar-refractivity contribution in [2.45, 2.75) is 26.5 Å². The van der Waals surface area contributed by atoms with E-state index < -0.39 is 0 Å². The van der Waals surface area contributed by atoms with E-state index in [0.717, 1.165) is 11.3 Å². The Hall–Kier alpha value is -2.80. The molecule has 0 aromatic heterocycles. The Morgan fingerprint density at radius 2 is 1.79 bits per heavy atom. The molecule has 0 aliphatic carbocycles. The first-order valence-electron chi connectivity index (χ1n) is 9.00. The average Bonchev–Trinajstić information content (AvgIpc) is 2.66. The molecule has 0 radical (unpaired) electrons. The number of methoxy groups -OCH3 is 1. The van der Waals surface area contributed by atoms with Crippen LogP contribution in [0.25, 0.3) is 0 Å². The molecule has 2 N–H and O–H groups in total. The Bertz CT molecular complexity index is 820. The normalized spacial score (nSPS) is 10.4. The van der Waals surface area contributed by atoms with Crippen LogP contribution in [0.15, 0.2) is 42.5 Å².